The van der Waals surface area contributed by atoms with Crippen LogP contribution in [0.15, 0.2) is 41.3 Å². The zero-order valence-corrected chi connectivity index (χ0v) is 19.9. The molecule has 3 N–H and O–H groups in total. The molecule has 0 aliphatic carbocycles. The fraction of sp³-hybridized carbons (Fsp3) is 0.320. The molecule has 10 nitrogen and oxygen atoms in total. The number of phenols is 1. The number of nitrogens with zero attached hydrogens (tertiary/aromatic N) is 3. The molecular formula is C25H26FN5O5. The molecule has 0 radical (unpaired) electrons. The van der Waals surface area contributed by atoms with Crippen molar-refractivity contribution in [1.82, 2.24) is 20.3 Å². The Morgan fingerprint density at radius 2 is 1.75 bits per heavy atom. The standard InChI is InChI=1S/C25H26FN5O5/c1-14-13-36-23-20-17(11-19(26)21(23)30-9-7-29(2)8-10-30)22(33)18(12-31(14)20)25(35)28-27-24(34)15-3-5-16(32)6-4-15/h3-6,11-12,14,32H,7-10,13H2,1-2H3,(H,27,34)(H,28,35). The lowest BCUT2D eigenvalue weighted by Crippen LogP contribution is -2.45. The molecule has 0 spiro atoms. The number of piperazine rings is 1. The number of hydrogen-bond donors (Lipinski definition) is 3. The molecule has 3 aromatic rings. The van der Waals surface area contributed by atoms with Gasteiger partial charge in [0.1, 0.15) is 23.6 Å². The number of rotatable bonds is 3. The van der Waals surface area contributed by atoms with Crippen LogP contribution < -0.4 is 25.9 Å². The molecule has 2 aliphatic rings. The second-order valence-corrected chi connectivity index (χ2v) is 9.12. The lowest BCUT2D eigenvalue weighted by Gasteiger charge is -2.37. The molecule has 0 saturated carbocycles. The van der Waals surface area contributed by atoms with Gasteiger partial charge in [-0.25, -0.2) is 4.39 Å². The highest BCUT2D eigenvalue weighted by atomic mass is 19.1. The molecule has 1 saturated heterocycles. The van der Waals surface area contributed by atoms with Crippen LogP contribution in [0.1, 0.15) is 33.7 Å². The molecule has 188 valence electrons. The number of benzene rings is 2. The number of aromatic nitrogens is 1. The van der Waals surface area contributed by atoms with E-state index in [0.29, 0.717) is 30.0 Å². The van der Waals surface area contributed by atoms with Crippen molar-refractivity contribution in [2.75, 3.05) is 44.7 Å². The van der Waals surface area contributed by atoms with Crippen LogP contribution in [0.3, 0.4) is 0 Å². The Hall–Kier alpha value is -4.12. The molecule has 1 aromatic heterocycles. The maximum atomic E-state index is 15.4. The number of halogens is 1. The summed E-state index contributed by atoms with van der Waals surface area (Å²) in [4.78, 5) is 42.6. The molecule has 2 amide bonds. The highest BCUT2D eigenvalue weighted by molar-refractivity contribution is 6.02. The van der Waals surface area contributed by atoms with Crippen LogP contribution in [0.2, 0.25) is 0 Å². The molecule has 36 heavy (non-hydrogen) atoms. The van der Waals surface area contributed by atoms with Crippen LogP contribution in [-0.2, 0) is 0 Å². The average Bonchev–Trinajstić information content (AvgIpc) is 2.86. The number of anilines is 1. The minimum Gasteiger partial charge on any atom is -0.508 e. The number of phenolic OH excluding ortho intramolecular Hbond substituents is 1. The van der Waals surface area contributed by atoms with Crippen molar-refractivity contribution in [3.05, 3.63) is 63.7 Å². The fourth-order valence-electron chi connectivity index (χ4n) is 4.56. The van der Waals surface area contributed by atoms with Crippen LogP contribution in [-0.4, -0.2) is 66.2 Å². The first-order valence-electron chi connectivity index (χ1n) is 11.6. The van der Waals surface area contributed by atoms with Gasteiger partial charge >= 0.3 is 0 Å². The van der Waals surface area contributed by atoms with E-state index in [-0.39, 0.29) is 34.9 Å². The van der Waals surface area contributed by atoms with Gasteiger partial charge in [-0.3, -0.25) is 25.2 Å². The minimum atomic E-state index is -0.832. The van der Waals surface area contributed by atoms with E-state index in [9.17, 15) is 19.5 Å². The Balaban J connectivity index is 1.50. The summed E-state index contributed by atoms with van der Waals surface area (Å²) in [5.41, 5.74) is 4.57. The summed E-state index contributed by atoms with van der Waals surface area (Å²) >= 11 is 0. The summed E-state index contributed by atoms with van der Waals surface area (Å²) in [6.45, 7) is 4.91. The van der Waals surface area contributed by atoms with Gasteiger partial charge < -0.3 is 24.2 Å². The Morgan fingerprint density at radius 1 is 1.08 bits per heavy atom. The Labute approximate surface area is 205 Å². The van der Waals surface area contributed by atoms with Crippen molar-refractivity contribution < 1.29 is 23.8 Å². The monoisotopic (exact) mass is 495 g/mol. The molecule has 5 rings (SSSR count). The van der Waals surface area contributed by atoms with E-state index in [2.05, 4.69) is 15.8 Å². The second-order valence-electron chi connectivity index (χ2n) is 9.12. The highest BCUT2D eigenvalue weighted by Gasteiger charge is 2.31. The third-order valence-electron chi connectivity index (χ3n) is 6.63. The van der Waals surface area contributed by atoms with Gasteiger partial charge in [0.25, 0.3) is 11.8 Å². The second kappa shape index (κ2) is 9.15. The van der Waals surface area contributed by atoms with Gasteiger partial charge in [0.15, 0.2) is 11.6 Å². The van der Waals surface area contributed by atoms with Crippen molar-refractivity contribution in [2.45, 2.75) is 13.0 Å². The van der Waals surface area contributed by atoms with Gasteiger partial charge in [0.05, 0.1) is 16.9 Å². The van der Waals surface area contributed by atoms with E-state index < -0.39 is 23.1 Å². The molecular weight excluding hydrogens is 469 g/mol. The first-order chi connectivity index (χ1) is 17.2. The zero-order valence-electron chi connectivity index (χ0n) is 19.9. The summed E-state index contributed by atoms with van der Waals surface area (Å²) < 4.78 is 23.1. The SMILES string of the molecule is CC1COc2c(N3CCN(C)CC3)c(F)cc3c(=O)c(C(=O)NNC(=O)c4ccc(O)cc4)cn1c23. The van der Waals surface area contributed by atoms with E-state index in [1.54, 1.807) is 4.57 Å². The summed E-state index contributed by atoms with van der Waals surface area (Å²) in [5, 5.41) is 9.39. The minimum absolute atomic E-state index is 0.00535. The van der Waals surface area contributed by atoms with E-state index in [4.69, 9.17) is 4.74 Å². The van der Waals surface area contributed by atoms with E-state index in [1.807, 2.05) is 18.9 Å². The quantitative estimate of drug-likeness (QED) is 0.473. The molecule has 1 fully saturated rings. The Kier molecular flexibility index (Phi) is 6.00. The number of nitrogens with one attached hydrogen (secondary N) is 2. The molecule has 1 unspecified atom stereocenters. The highest BCUT2D eigenvalue weighted by Crippen LogP contribution is 2.42. The Bertz CT molecular complexity index is 1410. The van der Waals surface area contributed by atoms with Crippen LogP contribution in [0, 0.1) is 5.82 Å². The maximum absolute atomic E-state index is 15.4. The third kappa shape index (κ3) is 4.11. The zero-order chi connectivity index (χ0) is 25.6. The fourth-order valence-corrected chi connectivity index (χ4v) is 4.56. The Morgan fingerprint density at radius 3 is 2.44 bits per heavy atom. The van der Waals surface area contributed by atoms with Crippen molar-refractivity contribution >= 4 is 28.4 Å². The molecule has 2 aromatic carbocycles. The van der Waals surface area contributed by atoms with E-state index in [1.165, 1.54) is 36.5 Å². The number of likely N-dealkylation sites (N-methyl/N-ethyl adjacent to an activating group) is 1. The van der Waals surface area contributed by atoms with Crippen LogP contribution in [0.5, 0.6) is 11.5 Å². The summed E-state index contributed by atoms with van der Waals surface area (Å²) in [6.07, 6.45) is 1.43. The molecule has 0 bridgehead atoms. The predicted octanol–water partition coefficient (Wildman–Crippen LogP) is 1.63. The van der Waals surface area contributed by atoms with Gasteiger partial charge in [0, 0.05) is 37.9 Å². The smallest absolute Gasteiger partial charge is 0.275 e. The number of ether oxygens (including phenoxy) is 1. The van der Waals surface area contributed by atoms with Crippen molar-refractivity contribution in [1.29, 1.82) is 0 Å². The van der Waals surface area contributed by atoms with Gasteiger partial charge in [-0.2, -0.15) is 0 Å². The number of pyridine rings is 1. The maximum Gasteiger partial charge on any atom is 0.275 e. The van der Waals surface area contributed by atoms with Gasteiger partial charge in [-0.05, 0) is 44.3 Å². The number of hydrazine groups is 1. The third-order valence-corrected chi connectivity index (χ3v) is 6.63. The van der Waals surface area contributed by atoms with Gasteiger partial charge in [0.2, 0.25) is 5.43 Å². The summed E-state index contributed by atoms with van der Waals surface area (Å²) in [6, 6.07) is 6.39. The van der Waals surface area contributed by atoms with E-state index >= 15 is 4.39 Å². The van der Waals surface area contributed by atoms with Gasteiger partial charge in [-0.15, -0.1) is 0 Å². The molecule has 2 aliphatic heterocycles. The number of carbonyl (C=O) groups is 2. The lowest BCUT2D eigenvalue weighted by atomic mass is 10.0. The number of amides is 2. The first kappa shape index (κ1) is 23.6. The van der Waals surface area contributed by atoms with Crippen LogP contribution >= 0.6 is 0 Å². The van der Waals surface area contributed by atoms with Crippen molar-refractivity contribution in [3.8, 4) is 11.5 Å². The predicted molar refractivity (Wildman–Crippen MR) is 131 cm³/mol. The molecule has 3 heterocycles. The topological polar surface area (TPSA) is 116 Å². The first-order valence-corrected chi connectivity index (χ1v) is 11.6. The molecule has 11 heteroatoms. The van der Waals surface area contributed by atoms with Crippen molar-refractivity contribution in [3.63, 3.8) is 0 Å². The van der Waals surface area contributed by atoms with Crippen LogP contribution in [0.25, 0.3) is 10.9 Å². The number of aromatic hydroxyl groups is 1. The normalized spacial score (nSPS) is 17.5. The largest absolute Gasteiger partial charge is 0.508 e. The molecule has 1 atom stereocenters. The average molecular weight is 496 g/mol. The van der Waals surface area contributed by atoms with E-state index in [0.717, 1.165) is 13.1 Å². The lowest BCUT2D eigenvalue weighted by molar-refractivity contribution is 0.0845. The summed E-state index contributed by atoms with van der Waals surface area (Å²) in [7, 11) is 2.01. The number of hydrogen-bond acceptors (Lipinski definition) is 7. The van der Waals surface area contributed by atoms with Gasteiger partial charge in [-0.1, -0.05) is 0 Å². The van der Waals surface area contributed by atoms with Crippen molar-refractivity contribution in [2.24, 2.45) is 0 Å². The number of carbonyl (C=O) groups excluding carboxylic acids is 2. The van der Waals surface area contributed by atoms with Crippen LogP contribution in [0.4, 0.5) is 10.1 Å². The summed E-state index contributed by atoms with van der Waals surface area (Å²) in [5.74, 6) is -1.75.